The molecular weight excluding hydrogens is 248 g/mol. The molecule has 96 valence electrons. The summed E-state index contributed by atoms with van der Waals surface area (Å²) in [5.74, 6) is 1.96. The maximum absolute atomic E-state index is 5.98. The first-order valence-corrected chi connectivity index (χ1v) is 6.77. The minimum Gasteiger partial charge on any atom is -0.197 e. The minimum absolute atomic E-state index is 0.435. The molecule has 0 bridgehead atoms. The second-order valence-corrected chi connectivity index (χ2v) is 4.66. The van der Waals surface area contributed by atoms with Gasteiger partial charge in [-0.15, -0.1) is 16.7 Å². The Morgan fingerprint density at radius 2 is 2.06 bits per heavy atom. The van der Waals surface area contributed by atoms with Crippen LogP contribution in [0.5, 0.6) is 0 Å². The van der Waals surface area contributed by atoms with Gasteiger partial charge in [-0.05, 0) is 34.9 Å². The second-order valence-electron chi connectivity index (χ2n) is 4.36. The zero-order valence-corrected chi connectivity index (χ0v) is 11.2. The fraction of sp³-hybridized carbons (Fsp3) is 0.462. The lowest BCUT2D eigenvalue weighted by molar-refractivity contribution is 0.508. The van der Waals surface area contributed by atoms with Crippen molar-refractivity contribution in [3.05, 3.63) is 36.2 Å². The van der Waals surface area contributed by atoms with Crippen molar-refractivity contribution in [1.29, 1.82) is 0 Å². The molecule has 0 radical (unpaired) electrons. The van der Waals surface area contributed by atoms with Gasteiger partial charge in [0.1, 0.15) is 0 Å². The summed E-state index contributed by atoms with van der Waals surface area (Å²) in [6, 6.07) is 9.93. The van der Waals surface area contributed by atoms with Crippen LogP contribution in [0, 0.1) is 5.92 Å². The highest BCUT2D eigenvalue weighted by Crippen LogP contribution is 2.16. The molecule has 0 saturated carbocycles. The molecule has 1 heterocycles. The zero-order valence-electron chi connectivity index (χ0n) is 10.5. The molecule has 0 amide bonds. The van der Waals surface area contributed by atoms with Gasteiger partial charge >= 0.3 is 0 Å². The van der Waals surface area contributed by atoms with Gasteiger partial charge in [0.25, 0.3) is 0 Å². The van der Waals surface area contributed by atoms with Gasteiger partial charge in [0.05, 0.1) is 5.69 Å². The van der Waals surface area contributed by atoms with Crippen LogP contribution >= 0.6 is 11.6 Å². The molecule has 18 heavy (non-hydrogen) atoms. The normalized spacial score (nSPS) is 12.6. The monoisotopic (exact) mass is 264 g/mol. The Kier molecular flexibility index (Phi) is 4.70. The summed E-state index contributed by atoms with van der Waals surface area (Å²) in [5, 5.41) is 11.9. The van der Waals surface area contributed by atoms with Crippen LogP contribution in [0.15, 0.2) is 30.3 Å². The summed E-state index contributed by atoms with van der Waals surface area (Å²) >= 11 is 5.98. The Morgan fingerprint density at radius 1 is 1.28 bits per heavy atom. The molecule has 1 atom stereocenters. The van der Waals surface area contributed by atoms with E-state index in [4.69, 9.17) is 11.6 Å². The molecule has 0 N–H and O–H groups in total. The van der Waals surface area contributed by atoms with E-state index in [1.807, 2.05) is 30.3 Å². The van der Waals surface area contributed by atoms with Gasteiger partial charge in [0.2, 0.25) is 0 Å². The highest BCUT2D eigenvalue weighted by atomic mass is 35.5. The number of hydrogen-bond acceptors (Lipinski definition) is 3. The fourth-order valence-corrected chi connectivity index (χ4v) is 2.27. The van der Waals surface area contributed by atoms with E-state index >= 15 is 0 Å². The molecule has 0 aliphatic carbocycles. The van der Waals surface area contributed by atoms with Crippen LogP contribution in [0.2, 0.25) is 0 Å². The molecule has 4 nitrogen and oxygen atoms in total. The van der Waals surface area contributed by atoms with Crippen LogP contribution in [0.1, 0.15) is 25.6 Å². The summed E-state index contributed by atoms with van der Waals surface area (Å²) in [6.45, 7) is 2.17. The number of rotatable bonds is 6. The first kappa shape index (κ1) is 13.0. The Morgan fingerprint density at radius 3 is 2.72 bits per heavy atom. The van der Waals surface area contributed by atoms with Crippen molar-refractivity contribution in [3.63, 3.8) is 0 Å². The lowest BCUT2D eigenvalue weighted by Crippen LogP contribution is -2.11. The maximum Gasteiger partial charge on any atom is 0.157 e. The Balaban J connectivity index is 2.18. The van der Waals surface area contributed by atoms with Crippen molar-refractivity contribution >= 4 is 11.6 Å². The largest absolute Gasteiger partial charge is 0.197 e. The van der Waals surface area contributed by atoms with Gasteiger partial charge < -0.3 is 0 Å². The summed E-state index contributed by atoms with van der Waals surface area (Å²) in [5.41, 5.74) is 0.988. The number of para-hydroxylation sites is 1. The second kappa shape index (κ2) is 6.50. The summed E-state index contributed by atoms with van der Waals surface area (Å²) in [4.78, 5) is 0. The lowest BCUT2D eigenvalue weighted by atomic mass is 10.0. The standard InChI is InChI=1S/C13H17ClN4/c1-2-6-11(10-14)9-13-15-16-17-18(13)12-7-4-3-5-8-12/h3-5,7-8,11H,2,6,9-10H2,1H3. The van der Waals surface area contributed by atoms with Gasteiger partial charge in [-0.3, -0.25) is 0 Å². The van der Waals surface area contributed by atoms with E-state index in [2.05, 4.69) is 22.4 Å². The average Bonchev–Trinajstić information content (AvgIpc) is 2.87. The lowest BCUT2D eigenvalue weighted by Gasteiger charge is -2.12. The highest BCUT2D eigenvalue weighted by molar-refractivity contribution is 6.18. The van der Waals surface area contributed by atoms with Gasteiger partial charge in [0.15, 0.2) is 5.82 Å². The molecule has 0 aliphatic heterocycles. The van der Waals surface area contributed by atoms with Gasteiger partial charge in [0, 0.05) is 12.3 Å². The van der Waals surface area contributed by atoms with Crippen LogP contribution in [0.4, 0.5) is 0 Å². The van der Waals surface area contributed by atoms with Crippen molar-refractivity contribution in [2.45, 2.75) is 26.2 Å². The number of aromatic nitrogens is 4. The Bertz CT molecular complexity index is 469. The molecule has 1 aromatic heterocycles. The summed E-state index contributed by atoms with van der Waals surface area (Å²) in [7, 11) is 0. The van der Waals surface area contributed by atoms with Crippen LogP contribution in [-0.4, -0.2) is 26.1 Å². The van der Waals surface area contributed by atoms with E-state index in [1.165, 1.54) is 0 Å². The third-order valence-electron chi connectivity index (χ3n) is 2.92. The number of benzene rings is 1. The Hall–Kier alpha value is -1.42. The number of nitrogens with zero attached hydrogens (tertiary/aromatic N) is 4. The Labute approximate surface area is 112 Å². The number of tetrazole rings is 1. The molecule has 0 fully saturated rings. The molecule has 0 aliphatic rings. The summed E-state index contributed by atoms with van der Waals surface area (Å²) < 4.78 is 1.79. The van der Waals surface area contributed by atoms with Gasteiger partial charge in [-0.2, -0.15) is 4.68 Å². The first-order valence-electron chi connectivity index (χ1n) is 6.23. The van der Waals surface area contributed by atoms with Crippen molar-refractivity contribution in [1.82, 2.24) is 20.2 Å². The molecule has 2 rings (SSSR count). The van der Waals surface area contributed by atoms with E-state index in [0.717, 1.165) is 30.8 Å². The summed E-state index contributed by atoms with van der Waals surface area (Å²) in [6.07, 6.45) is 3.05. The topological polar surface area (TPSA) is 43.6 Å². The van der Waals surface area contributed by atoms with E-state index in [0.29, 0.717) is 11.8 Å². The van der Waals surface area contributed by atoms with E-state index in [1.54, 1.807) is 4.68 Å². The highest BCUT2D eigenvalue weighted by Gasteiger charge is 2.14. The molecular formula is C13H17ClN4. The quantitative estimate of drug-likeness (QED) is 0.754. The third kappa shape index (κ3) is 3.07. The van der Waals surface area contributed by atoms with E-state index < -0.39 is 0 Å². The predicted octanol–water partition coefficient (Wildman–Crippen LogP) is 2.86. The van der Waals surface area contributed by atoms with E-state index in [9.17, 15) is 0 Å². The van der Waals surface area contributed by atoms with Gasteiger partial charge in [-0.25, -0.2) is 0 Å². The number of halogens is 1. The van der Waals surface area contributed by atoms with Crippen LogP contribution in [0.3, 0.4) is 0 Å². The molecule has 1 unspecified atom stereocenters. The minimum atomic E-state index is 0.435. The van der Waals surface area contributed by atoms with Gasteiger partial charge in [-0.1, -0.05) is 31.5 Å². The van der Waals surface area contributed by atoms with Crippen LogP contribution in [0.25, 0.3) is 5.69 Å². The van der Waals surface area contributed by atoms with Crippen molar-refractivity contribution in [2.75, 3.05) is 5.88 Å². The first-order chi connectivity index (χ1) is 8.85. The van der Waals surface area contributed by atoms with Crippen molar-refractivity contribution in [2.24, 2.45) is 5.92 Å². The number of hydrogen-bond donors (Lipinski definition) is 0. The fourth-order valence-electron chi connectivity index (χ4n) is 2.00. The predicted molar refractivity (Wildman–Crippen MR) is 72.0 cm³/mol. The molecule has 1 aromatic carbocycles. The molecule has 5 heteroatoms. The van der Waals surface area contributed by atoms with E-state index in [-0.39, 0.29) is 0 Å². The SMILES string of the molecule is CCCC(CCl)Cc1nnnn1-c1ccccc1. The van der Waals surface area contributed by atoms with Crippen molar-refractivity contribution < 1.29 is 0 Å². The van der Waals surface area contributed by atoms with Crippen molar-refractivity contribution in [3.8, 4) is 5.69 Å². The van der Waals surface area contributed by atoms with Crippen LogP contribution < -0.4 is 0 Å². The molecule has 2 aromatic rings. The average molecular weight is 265 g/mol. The zero-order chi connectivity index (χ0) is 12.8. The molecule has 0 saturated heterocycles. The number of alkyl halides is 1. The third-order valence-corrected chi connectivity index (χ3v) is 3.36. The molecule has 0 spiro atoms. The van der Waals surface area contributed by atoms with Crippen LogP contribution in [-0.2, 0) is 6.42 Å². The smallest absolute Gasteiger partial charge is 0.157 e. The maximum atomic E-state index is 5.98.